The summed E-state index contributed by atoms with van der Waals surface area (Å²) in [6.07, 6.45) is 1.41. The van der Waals surface area contributed by atoms with Gasteiger partial charge in [0.25, 0.3) is 5.56 Å². The molecule has 0 aliphatic heterocycles. The number of rotatable bonds is 3. The predicted molar refractivity (Wildman–Crippen MR) is 112 cm³/mol. The molecule has 0 radical (unpaired) electrons. The number of hydrogen-bond donors (Lipinski definition) is 1. The molecule has 5 aromatic rings. The van der Waals surface area contributed by atoms with Crippen LogP contribution < -0.4 is 10.9 Å². The third kappa shape index (κ3) is 3.13. The number of nitrogens with zero attached hydrogens (tertiary/aromatic N) is 5. The van der Waals surface area contributed by atoms with Crippen LogP contribution in [0.5, 0.6) is 0 Å². The summed E-state index contributed by atoms with van der Waals surface area (Å²) in [5.41, 5.74) is 1.26. The topological polar surface area (TPSA) is 85.1 Å². The summed E-state index contributed by atoms with van der Waals surface area (Å²) in [7, 11) is 0. The molecule has 0 saturated carbocycles. The van der Waals surface area contributed by atoms with Gasteiger partial charge < -0.3 is 5.32 Å². The number of aromatic nitrogens is 5. The maximum atomic E-state index is 13.7. The summed E-state index contributed by atoms with van der Waals surface area (Å²) < 4.78 is 15.2. The summed E-state index contributed by atoms with van der Waals surface area (Å²) in [5.74, 6) is 0.149. The fraction of sp³-hybridized carbons (Fsp3) is 0. The Balaban J connectivity index is 1.79. The van der Waals surface area contributed by atoms with Gasteiger partial charge in [-0.25, -0.2) is 19.3 Å². The first-order chi connectivity index (χ1) is 14.6. The van der Waals surface area contributed by atoms with E-state index < -0.39 is 11.4 Å². The first-order valence-corrected chi connectivity index (χ1v) is 9.31. The van der Waals surface area contributed by atoms with Crippen molar-refractivity contribution < 1.29 is 4.39 Å². The second-order valence-corrected chi connectivity index (χ2v) is 6.83. The van der Waals surface area contributed by atoms with Crippen molar-refractivity contribution in [3.05, 3.63) is 88.1 Å². The number of nitrogens with one attached hydrogen (secondary N) is 1. The van der Waals surface area contributed by atoms with Gasteiger partial charge in [0, 0.05) is 11.8 Å². The lowest BCUT2D eigenvalue weighted by Gasteiger charge is -2.08. The van der Waals surface area contributed by atoms with Crippen molar-refractivity contribution in [1.82, 2.24) is 24.6 Å². The Labute approximate surface area is 173 Å². The number of fused-ring (bicyclic) bond motifs is 3. The SMILES string of the molecule is O=c1nccccc1Nc1nc2cccc(Cl)c2c2nc(-c3cccc(F)c3)nn12. The molecule has 0 fully saturated rings. The van der Waals surface area contributed by atoms with Crippen LogP contribution in [0.1, 0.15) is 0 Å². The van der Waals surface area contributed by atoms with Gasteiger partial charge in [-0.1, -0.05) is 35.9 Å². The van der Waals surface area contributed by atoms with Crippen molar-refractivity contribution in [2.45, 2.75) is 0 Å². The van der Waals surface area contributed by atoms with Crippen LogP contribution in [0.3, 0.4) is 0 Å². The Kier molecular flexibility index (Phi) is 4.33. The average Bonchev–Trinajstić information content (AvgIpc) is 3.08. The standard InChI is InChI=1S/C21H12ClFN6O/c22-14-7-4-9-15-17(14)19-27-18(12-5-3-6-13(23)11-12)28-29(19)21(25-15)26-16-8-1-2-10-24-20(16)30/h1-11H,(H,24,25,26,30). The van der Waals surface area contributed by atoms with Gasteiger partial charge in [0.1, 0.15) is 11.5 Å². The average molecular weight is 419 g/mol. The molecule has 7 nitrogen and oxygen atoms in total. The van der Waals surface area contributed by atoms with Gasteiger partial charge in [-0.05, 0) is 36.4 Å². The maximum Gasteiger partial charge on any atom is 0.293 e. The number of anilines is 2. The molecular weight excluding hydrogens is 407 g/mol. The van der Waals surface area contributed by atoms with Crippen LogP contribution in [0.15, 0.2) is 71.7 Å². The smallest absolute Gasteiger partial charge is 0.293 e. The zero-order valence-corrected chi connectivity index (χ0v) is 16.0. The third-order valence-electron chi connectivity index (χ3n) is 4.46. The summed E-state index contributed by atoms with van der Waals surface area (Å²) in [5, 5.41) is 8.52. The Morgan fingerprint density at radius 1 is 1.00 bits per heavy atom. The number of benzene rings is 2. The van der Waals surface area contributed by atoms with Crippen molar-refractivity contribution in [2.24, 2.45) is 0 Å². The van der Waals surface area contributed by atoms with Gasteiger partial charge in [0.05, 0.1) is 15.9 Å². The van der Waals surface area contributed by atoms with Gasteiger partial charge >= 0.3 is 0 Å². The minimum absolute atomic E-state index is 0.220. The van der Waals surface area contributed by atoms with E-state index in [-0.39, 0.29) is 11.6 Å². The molecule has 0 saturated heterocycles. The zero-order valence-electron chi connectivity index (χ0n) is 15.3. The van der Waals surface area contributed by atoms with Gasteiger partial charge in [-0.15, -0.1) is 5.10 Å². The van der Waals surface area contributed by atoms with Crippen LogP contribution in [0, 0.1) is 5.82 Å². The Morgan fingerprint density at radius 2 is 1.87 bits per heavy atom. The second-order valence-electron chi connectivity index (χ2n) is 6.42. The fourth-order valence-corrected chi connectivity index (χ4v) is 3.36. The Bertz CT molecular complexity index is 1490. The quantitative estimate of drug-likeness (QED) is 0.472. The third-order valence-corrected chi connectivity index (χ3v) is 4.78. The normalized spacial score (nSPS) is 11.1. The molecule has 9 heteroatoms. The van der Waals surface area contributed by atoms with Crippen molar-refractivity contribution in [1.29, 1.82) is 0 Å². The Morgan fingerprint density at radius 3 is 2.73 bits per heavy atom. The molecule has 0 aliphatic rings. The number of halogens is 2. The molecule has 146 valence electrons. The first kappa shape index (κ1) is 18.1. The molecule has 3 aromatic heterocycles. The van der Waals surface area contributed by atoms with Gasteiger partial charge in [-0.2, -0.15) is 4.52 Å². The van der Waals surface area contributed by atoms with E-state index in [2.05, 4.69) is 25.4 Å². The van der Waals surface area contributed by atoms with Crippen LogP contribution in [-0.2, 0) is 0 Å². The molecule has 0 spiro atoms. The highest BCUT2D eigenvalue weighted by atomic mass is 35.5. The molecule has 3 heterocycles. The van der Waals surface area contributed by atoms with Crippen LogP contribution >= 0.6 is 11.6 Å². The van der Waals surface area contributed by atoms with Crippen LogP contribution in [-0.4, -0.2) is 24.6 Å². The highest BCUT2D eigenvalue weighted by Gasteiger charge is 2.17. The van der Waals surface area contributed by atoms with E-state index in [1.165, 1.54) is 22.8 Å². The molecule has 5 rings (SSSR count). The molecule has 0 amide bonds. The number of hydrogen-bond acceptors (Lipinski definition) is 6. The van der Waals surface area contributed by atoms with Crippen LogP contribution in [0.4, 0.5) is 16.0 Å². The molecule has 0 bridgehead atoms. The molecule has 2 aromatic carbocycles. The predicted octanol–water partition coefficient (Wildman–Crippen LogP) is 4.24. The van der Waals surface area contributed by atoms with Gasteiger partial charge in [-0.3, -0.25) is 4.79 Å². The summed E-state index contributed by atoms with van der Waals surface area (Å²) in [6, 6.07) is 16.2. The molecule has 0 unspecified atom stereocenters. The van der Waals surface area contributed by atoms with E-state index in [4.69, 9.17) is 11.6 Å². The molecular formula is C21H12ClFN6O. The maximum absolute atomic E-state index is 13.7. The molecule has 0 aliphatic carbocycles. The van der Waals surface area contributed by atoms with Crippen LogP contribution in [0.2, 0.25) is 5.02 Å². The summed E-state index contributed by atoms with van der Waals surface area (Å²) >= 11 is 6.41. The minimum atomic E-state index is -0.452. The van der Waals surface area contributed by atoms with Crippen LogP contribution in [0.25, 0.3) is 27.9 Å². The molecule has 30 heavy (non-hydrogen) atoms. The van der Waals surface area contributed by atoms with E-state index in [9.17, 15) is 9.18 Å². The largest absolute Gasteiger partial charge is 0.319 e. The summed E-state index contributed by atoms with van der Waals surface area (Å²) in [4.78, 5) is 25.2. The zero-order chi connectivity index (χ0) is 20.7. The van der Waals surface area contributed by atoms with E-state index in [1.807, 2.05) is 0 Å². The fourth-order valence-electron chi connectivity index (χ4n) is 3.11. The van der Waals surface area contributed by atoms with Gasteiger partial charge in [0.15, 0.2) is 11.5 Å². The lowest BCUT2D eigenvalue weighted by atomic mass is 10.2. The van der Waals surface area contributed by atoms with E-state index in [1.54, 1.807) is 48.5 Å². The van der Waals surface area contributed by atoms with Gasteiger partial charge in [0.2, 0.25) is 5.95 Å². The first-order valence-electron chi connectivity index (χ1n) is 8.93. The molecule has 1 N–H and O–H groups in total. The van der Waals surface area contributed by atoms with E-state index >= 15 is 0 Å². The van der Waals surface area contributed by atoms with Crippen molar-refractivity contribution in [3.8, 4) is 11.4 Å². The second kappa shape index (κ2) is 7.16. The van der Waals surface area contributed by atoms with E-state index in [0.29, 0.717) is 33.0 Å². The summed E-state index contributed by atoms with van der Waals surface area (Å²) in [6.45, 7) is 0. The van der Waals surface area contributed by atoms with Crippen molar-refractivity contribution in [3.63, 3.8) is 0 Å². The lowest BCUT2D eigenvalue weighted by Crippen LogP contribution is -2.11. The van der Waals surface area contributed by atoms with Crippen molar-refractivity contribution in [2.75, 3.05) is 5.32 Å². The highest BCUT2D eigenvalue weighted by Crippen LogP contribution is 2.30. The van der Waals surface area contributed by atoms with E-state index in [0.717, 1.165) is 0 Å². The monoisotopic (exact) mass is 418 g/mol. The lowest BCUT2D eigenvalue weighted by molar-refractivity contribution is 0.628. The van der Waals surface area contributed by atoms with Crippen molar-refractivity contribution >= 4 is 39.8 Å². The Hall–Kier alpha value is -3.91. The highest BCUT2D eigenvalue weighted by molar-refractivity contribution is 6.36. The minimum Gasteiger partial charge on any atom is -0.319 e. The molecule has 0 atom stereocenters.